The summed E-state index contributed by atoms with van der Waals surface area (Å²) in [6, 6.07) is 28.3. The standard InChI is InChI=1S/C28H21N3O/c1-19-11-13-21(14-12-19)25-26(27(32)22-8-3-2-4-9-22)31-23-10-6-5-7-20(23)15-16-24(31)28(25,17-29)18-30/h2-16,24-26H,1H3. The second-order valence-electron chi connectivity index (χ2n) is 8.43. The Morgan fingerprint density at radius 2 is 1.56 bits per heavy atom. The van der Waals surface area contributed by atoms with Gasteiger partial charge < -0.3 is 4.90 Å². The molecule has 0 spiro atoms. The topological polar surface area (TPSA) is 67.9 Å². The largest absolute Gasteiger partial charge is 0.351 e. The number of nitrogens with zero attached hydrogens (tertiary/aromatic N) is 3. The fraction of sp³-hybridized carbons (Fsp3) is 0.179. The molecule has 3 aromatic rings. The third-order valence-corrected chi connectivity index (χ3v) is 6.68. The fourth-order valence-electron chi connectivity index (χ4n) is 5.15. The number of benzene rings is 3. The molecule has 0 aliphatic carbocycles. The van der Waals surface area contributed by atoms with Gasteiger partial charge in [0.15, 0.2) is 11.2 Å². The number of hydrogen-bond donors (Lipinski definition) is 0. The van der Waals surface area contributed by atoms with Gasteiger partial charge in [0, 0.05) is 17.2 Å². The van der Waals surface area contributed by atoms with Crippen molar-refractivity contribution in [2.75, 3.05) is 4.90 Å². The Balaban J connectivity index is 1.79. The second kappa shape index (κ2) is 7.52. The zero-order valence-electron chi connectivity index (χ0n) is 17.6. The van der Waals surface area contributed by atoms with E-state index in [0.29, 0.717) is 5.56 Å². The van der Waals surface area contributed by atoms with Crippen LogP contribution in [0.4, 0.5) is 5.69 Å². The van der Waals surface area contributed by atoms with E-state index in [9.17, 15) is 15.3 Å². The highest BCUT2D eigenvalue weighted by Gasteiger charge is 2.63. The van der Waals surface area contributed by atoms with Crippen molar-refractivity contribution in [3.63, 3.8) is 0 Å². The zero-order valence-corrected chi connectivity index (χ0v) is 17.6. The van der Waals surface area contributed by atoms with Crippen LogP contribution in [0.3, 0.4) is 0 Å². The van der Waals surface area contributed by atoms with Gasteiger partial charge in [0.05, 0.1) is 18.2 Å². The highest BCUT2D eigenvalue weighted by molar-refractivity contribution is 6.04. The molecule has 0 amide bonds. The van der Waals surface area contributed by atoms with E-state index in [0.717, 1.165) is 22.4 Å². The van der Waals surface area contributed by atoms with Crippen LogP contribution in [-0.4, -0.2) is 17.9 Å². The maximum absolute atomic E-state index is 14.0. The van der Waals surface area contributed by atoms with E-state index in [1.54, 1.807) is 12.1 Å². The van der Waals surface area contributed by atoms with Crippen molar-refractivity contribution in [2.45, 2.75) is 24.9 Å². The predicted octanol–water partition coefficient (Wildman–Crippen LogP) is 5.28. The first-order valence-electron chi connectivity index (χ1n) is 10.6. The summed E-state index contributed by atoms with van der Waals surface area (Å²) in [5.41, 5.74) is 2.93. The molecule has 0 aromatic heterocycles. The van der Waals surface area contributed by atoms with Crippen molar-refractivity contribution < 1.29 is 4.79 Å². The molecule has 3 atom stereocenters. The van der Waals surface area contributed by atoms with Crippen LogP contribution in [0.1, 0.15) is 33.0 Å². The van der Waals surface area contributed by atoms with Gasteiger partial charge in [0.25, 0.3) is 0 Å². The van der Waals surface area contributed by atoms with Gasteiger partial charge in [-0.1, -0.05) is 90.5 Å². The van der Waals surface area contributed by atoms with E-state index >= 15 is 0 Å². The van der Waals surface area contributed by atoms with Crippen molar-refractivity contribution in [1.82, 2.24) is 0 Å². The van der Waals surface area contributed by atoms with E-state index < -0.39 is 23.4 Å². The second-order valence-corrected chi connectivity index (χ2v) is 8.43. The summed E-state index contributed by atoms with van der Waals surface area (Å²) >= 11 is 0. The van der Waals surface area contributed by atoms with Crippen molar-refractivity contribution in [1.29, 1.82) is 10.5 Å². The highest BCUT2D eigenvalue weighted by Crippen LogP contribution is 2.55. The monoisotopic (exact) mass is 415 g/mol. The fourth-order valence-corrected chi connectivity index (χ4v) is 5.15. The molecule has 3 aromatic carbocycles. The number of carbonyl (C=O) groups excluding carboxylic acids is 1. The Hall–Kier alpha value is -4.15. The molecular weight excluding hydrogens is 394 g/mol. The number of fused-ring (bicyclic) bond motifs is 3. The molecule has 2 aliphatic heterocycles. The lowest BCUT2D eigenvalue weighted by atomic mass is 9.69. The maximum Gasteiger partial charge on any atom is 0.185 e. The van der Waals surface area contributed by atoms with Crippen LogP contribution >= 0.6 is 0 Å². The van der Waals surface area contributed by atoms with Gasteiger partial charge in [0.2, 0.25) is 0 Å². The quantitative estimate of drug-likeness (QED) is 0.546. The predicted molar refractivity (Wildman–Crippen MR) is 124 cm³/mol. The summed E-state index contributed by atoms with van der Waals surface area (Å²) < 4.78 is 0. The van der Waals surface area contributed by atoms with E-state index in [4.69, 9.17) is 0 Å². The van der Waals surface area contributed by atoms with Crippen molar-refractivity contribution in [3.05, 3.63) is 107 Å². The van der Waals surface area contributed by atoms with Crippen LogP contribution in [0.15, 0.2) is 84.9 Å². The van der Waals surface area contributed by atoms with Crippen LogP contribution in [-0.2, 0) is 0 Å². The average molecular weight is 415 g/mol. The lowest BCUT2D eigenvalue weighted by Gasteiger charge is -2.35. The molecule has 154 valence electrons. The van der Waals surface area contributed by atoms with E-state index in [-0.39, 0.29) is 5.78 Å². The number of hydrogen-bond acceptors (Lipinski definition) is 4. The normalized spacial score (nSPS) is 22.3. The number of para-hydroxylation sites is 1. The highest BCUT2D eigenvalue weighted by atomic mass is 16.1. The van der Waals surface area contributed by atoms with Gasteiger partial charge in [-0.15, -0.1) is 0 Å². The lowest BCUT2D eigenvalue weighted by molar-refractivity contribution is 0.0951. The summed E-state index contributed by atoms with van der Waals surface area (Å²) in [6.45, 7) is 2.00. The average Bonchev–Trinajstić information content (AvgIpc) is 3.15. The van der Waals surface area contributed by atoms with Gasteiger partial charge in [-0.05, 0) is 24.1 Å². The molecule has 3 unspecified atom stereocenters. The third kappa shape index (κ3) is 2.77. The molecule has 0 N–H and O–H groups in total. The molecule has 4 nitrogen and oxygen atoms in total. The molecule has 32 heavy (non-hydrogen) atoms. The molecule has 0 radical (unpaired) electrons. The first-order valence-corrected chi connectivity index (χ1v) is 10.6. The number of anilines is 1. The Kier molecular flexibility index (Phi) is 4.65. The number of ketones is 1. The Morgan fingerprint density at radius 3 is 2.25 bits per heavy atom. The number of rotatable bonds is 3. The molecule has 0 saturated carbocycles. The number of carbonyl (C=O) groups is 1. The van der Waals surface area contributed by atoms with Gasteiger partial charge in [-0.25, -0.2) is 0 Å². The third-order valence-electron chi connectivity index (χ3n) is 6.68. The van der Waals surface area contributed by atoms with Crippen LogP contribution in [0, 0.1) is 35.0 Å². The molecule has 4 heteroatoms. The van der Waals surface area contributed by atoms with Crippen LogP contribution < -0.4 is 4.90 Å². The van der Waals surface area contributed by atoms with Gasteiger partial charge >= 0.3 is 0 Å². The minimum atomic E-state index is -1.41. The van der Waals surface area contributed by atoms with Crippen molar-refractivity contribution in [2.24, 2.45) is 5.41 Å². The van der Waals surface area contributed by atoms with Crippen LogP contribution in [0.2, 0.25) is 0 Å². The number of aryl methyl sites for hydroxylation is 1. The van der Waals surface area contributed by atoms with E-state index in [1.165, 1.54) is 0 Å². The molecule has 5 rings (SSSR count). The van der Waals surface area contributed by atoms with Crippen LogP contribution in [0.5, 0.6) is 0 Å². The van der Waals surface area contributed by atoms with E-state index in [1.807, 2.05) is 90.7 Å². The van der Waals surface area contributed by atoms with Gasteiger partial charge in [0.1, 0.15) is 6.04 Å². The lowest BCUT2D eigenvalue weighted by Crippen LogP contribution is -2.44. The smallest absolute Gasteiger partial charge is 0.185 e. The van der Waals surface area contributed by atoms with Gasteiger partial charge in [-0.2, -0.15) is 10.5 Å². The Morgan fingerprint density at radius 1 is 0.906 bits per heavy atom. The number of Topliss-reactive ketones (excluding diaryl/α,β-unsaturated/α-hetero) is 1. The molecule has 1 saturated heterocycles. The summed E-state index contributed by atoms with van der Waals surface area (Å²) in [7, 11) is 0. The van der Waals surface area contributed by atoms with Gasteiger partial charge in [-0.3, -0.25) is 4.79 Å². The summed E-state index contributed by atoms with van der Waals surface area (Å²) in [5.74, 6) is -0.690. The molecule has 0 bridgehead atoms. The zero-order chi connectivity index (χ0) is 22.3. The summed E-state index contributed by atoms with van der Waals surface area (Å²) in [6.07, 6.45) is 3.87. The first-order chi connectivity index (χ1) is 15.6. The summed E-state index contributed by atoms with van der Waals surface area (Å²) in [4.78, 5) is 16.0. The Bertz CT molecular complexity index is 1280. The van der Waals surface area contributed by atoms with E-state index in [2.05, 4.69) is 12.1 Å². The van der Waals surface area contributed by atoms with Crippen LogP contribution in [0.25, 0.3) is 6.08 Å². The molecular formula is C28H21N3O. The molecule has 2 heterocycles. The molecule has 1 fully saturated rings. The maximum atomic E-state index is 14.0. The SMILES string of the molecule is Cc1ccc(C2C(C(=O)c3ccccc3)N3c4ccccc4C=CC3C2(C#N)C#N)cc1. The summed E-state index contributed by atoms with van der Waals surface area (Å²) in [5, 5.41) is 20.8. The Labute approximate surface area is 187 Å². The van der Waals surface area contributed by atoms with Crippen molar-refractivity contribution in [3.8, 4) is 12.1 Å². The minimum absolute atomic E-state index is 0.0846. The first kappa shape index (κ1) is 19.8. The number of nitriles is 2. The van der Waals surface area contributed by atoms with Crippen molar-refractivity contribution >= 4 is 17.5 Å². The minimum Gasteiger partial charge on any atom is -0.351 e. The molecule has 2 aliphatic rings.